The Hall–Kier alpha value is 1.46. The summed E-state index contributed by atoms with van der Waals surface area (Å²) in [5.41, 5.74) is 0. The van der Waals surface area contributed by atoms with Crippen molar-refractivity contribution in [1.29, 1.82) is 0 Å². The Morgan fingerprint density at radius 3 is 0.971 bits per heavy atom. The van der Waals surface area contributed by atoms with E-state index in [1.54, 1.807) is 6.92 Å². The molecular formula is C31H64Cl2Zr. The molecule has 0 N–H and O–H groups in total. The summed E-state index contributed by atoms with van der Waals surface area (Å²) >= 11 is -0.826. The number of hydrogen-bond acceptors (Lipinski definition) is 0. The summed E-state index contributed by atoms with van der Waals surface area (Å²) in [7, 11) is 9.87. The second-order valence-electron chi connectivity index (χ2n) is 11.8. The van der Waals surface area contributed by atoms with Crippen LogP contribution in [0.2, 0.25) is 0 Å². The Labute approximate surface area is 237 Å². The van der Waals surface area contributed by atoms with Gasteiger partial charge in [0.1, 0.15) is 0 Å². The van der Waals surface area contributed by atoms with E-state index in [4.69, 9.17) is 17.0 Å². The Balaban J connectivity index is -0.000000464. The fourth-order valence-corrected chi connectivity index (χ4v) is 6.33. The molecule has 2 aliphatic carbocycles. The number of hydrogen-bond donors (Lipinski definition) is 0. The average Bonchev–Trinajstić information content (AvgIpc) is 3.44. The van der Waals surface area contributed by atoms with E-state index in [0.717, 1.165) is 47.3 Å². The summed E-state index contributed by atoms with van der Waals surface area (Å²) < 4.78 is 0. The molecule has 2 saturated carbocycles. The molecule has 34 heavy (non-hydrogen) atoms. The van der Waals surface area contributed by atoms with Crippen LogP contribution in [0.15, 0.2) is 0 Å². The average molecular weight is 599 g/mol. The van der Waals surface area contributed by atoms with Crippen molar-refractivity contribution in [3.63, 3.8) is 0 Å². The Morgan fingerprint density at radius 1 is 0.588 bits per heavy atom. The second kappa shape index (κ2) is 26.1. The van der Waals surface area contributed by atoms with Crippen molar-refractivity contribution in [2.24, 2.45) is 47.3 Å². The monoisotopic (exact) mass is 596 g/mol. The molecule has 2 rings (SSSR count). The van der Waals surface area contributed by atoms with E-state index in [1.807, 2.05) is 0 Å². The van der Waals surface area contributed by atoms with Gasteiger partial charge < -0.3 is 14.4 Å². The summed E-state index contributed by atoms with van der Waals surface area (Å²) in [6.45, 7) is 24.1. The molecule has 0 saturated heterocycles. The zero-order valence-electron chi connectivity index (χ0n) is 25.1. The van der Waals surface area contributed by atoms with Crippen LogP contribution in [0.3, 0.4) is 0 Å². The third kappa shape index (κ3) is 20.5. The van der Waals surface area contributed by atoms with Crippen molar-refractivity contribution >= 4 is 17.0 Å². The summed E-state index contributed by atoms with van der Waals surface area (Å²) in [5, 5.41) is 0. The molecule has 2 aliphatic rings. The van der Waals surface area contributed by atoms with Crippen LogP contribution in [-0.2, 0) is 20.8 Å². The molecule has 206 valence electrons. The molecule has 3 heteroatoms. The van der Waals surface area contributed by atoms with Crippen LogP contribution in [-0.4, -0.2) is 0 Å². The molecule has 0 heterocycles. The maximum atomic E-state index is 4.93. The quantitative estimate of drug-likeness (QED) is 0.219. The van der Waals surface area contributed by atoms with E-state index in [1.165, 1.54) is 77.0 Å². The molecule has 0 atom stereocenters. The van der Waals surface area contributed by atoms with Crippen molar-refractivity contribution in [3.05, 3.63) is 14.4 Å². The number of rotatable bonds is 10. The Morgan fingerprint density at radius 2 is 0.794 bits per heavy atom. The topological polar surface area (TPSA) is 0 Å². The van der Waals surface area contributed by atoms with Crippen molar-refractivity contribution < 1.29 is 20.8 Å². The molecular weight excluding hydrogens is 534 g/mol. The fourth-order valence-electron chi connectivity index (χ4n) is 6.33. The second-order valence-corrected chi connectivity index (χ2v) is 15.6. The van der Waals surface area contributed by atoms with Gasteiger partial charge in [-0.05, 0) is 60.2 Å². The molecule has 0 bridgehead atoms. The van der Waals surface area contributed by atoms with Gasteiger partial charge in [-0.1, -0.05) is 120 Å². The Kier molecular flexibility index (Phi) is 30.7. The van der Waals surface area contributed by atoms with Crippen LogP contribution in [0, 0.1) is 61.7 Å². The zero-order chi connectivity index (χ0) is 25.8. The van der Waals surface area contributed by atoms with E-state index in [0.29, 0.717) is 0 Å². The third-order valence-electron chi connectivity index (χ3n) is 8.19. The molecule has 0 amide bonds. The molecule has 0 aromatic rings. The third-order valence-corrected chi connectivity index (χ3v) is 8.19. The van der Waals surface area contributed by atoms with Gasteiger partial charge in [-0.2, -0.15) is 6.92 Å². The van der Waals surface area contributed by atoms with Gasteiger partial charge in [0.2, 0.25) is 0 Å². The fraction of sp³-hybridized carbons (Fsp3) is 0.935. The zero-order valence-corrected chi connectivity index (χ0v) is 29.0. The SMILES string of the molecule is CC(C)C(CCC1CCCC1)C(C)C.CC(C)C(CCC1CCCC1)C(C)C.[CH2-]C.[CH3-].[Cl][Zr+2][Cl]. The maximum absolute atomic E-state index is 4.93. The van der Waals surface area contributed by atoms with Gasteiger partial charge in [0.15, 0.2) is 0 Å². The molecule has 0 aliphatic heterocycles. The summed E-state index contributed by atoms with van der Waals surface area (Å²) in [6, 6.07) is 0. The normalized spacial score (nSPS) is 16.2. The summed E-state index contributed by atoms with van der Waals surface area (Å²) in [4.78, 5) is 0. The van der Waals surface area contributed by atoms with Crippen LogP contribution in [0.5, 0.6) is 0 Å². The molecule has 0 aromatic heterocycles. The first-order chi connectivity index (χ1) is 15.6. The predicted molar refractivity (Wildman–Crippen MR) is 158 cm³/mol. The van der Waals surface area contributed by atoms with Gasteiger partial charge >= 0.3 is 37.9 Å². The van der Waals surface area contributed by atoms with E-state index in [-0.39, 0.29) is 7.43 Å². The van der Waals surface area contributed by atoms with Gasteiger partial charge in [-0.25, -0.2) is 0 Å². The van der Waals surface area contributed by atoms with Crippen LogP contribution in [0.25, 0.3) is 0 Å². The van der Waals surface area contributed by atoms with Crippen molar-refractivity contribution in [2.75, 3.05) is 0 Å². The molecule has 0 radical (unpaired) electrons. The van der Waals surface area contributed by atoms with E-state index in [2.05, 4.69) is 62.3 Å². The Bertz CT molecular complexity index is 331. The molecule has 0 nitrogen and oxygen atoms in total. The van der Waals surface area contributed by atoms with E-state index in [9.17, 15) is 0 Å². The van der Waals surface area contributed by atoms with Gasteiger partial charge in [0.05, 0.1) is 0 Å². The molecule has 0 unspecified atom stereocenters. The van der Waals surface area contributed by atoms with Gasteiger partial charge in [0, 0.05) is 0 Å². The summed E-state index contributed by atoms with van der Waals surface area (Å²) in [6.07, 6.45) is 18.0. The molecule has 0 aromatic carbocycles. The van der Waals surface area contributed by atoms with Gasteiger partial charge in [-0.15, -0.1) is 0 Å². The van der Waals surface area contributed by atoms with Gasteiger partial charge in [-0.3, -0.25) is 0 Å². The summed E-state index contributed by atoms with van der Waals surface area (Å²) in [5.74, 6) is 7.55. The first kappa shape index (κ1) is 40.0. The predicted octanol–water partition coefficient (Wildman–Crippen LogP) is 12.4. The molecule has 2 fully saturated rings. The molecule has 0 spiro atoms. The minimum absolute atomic E-state index is 0. The first-order valence-corrected chi connectivity index (χ1v) is 20.6. The first-order valence-electron chi connectivity index (χ1n) is 14.3. The van der Waals surface area contributed by atoms with Crippen LogP contribution < -0.4 is 0 Å². The van der Waals surface area contributed by atoms with Crippen molar-refractivity contribution in [1.82, 2.24) is 0 Å². The van der Waals surface area contributed by atoms with Crippen molar-refractivity contribution in [3.8, 4) is 0 Å². The van der Waals surface area contributed by atoms with Gasteiger partial charge in [0.25, 0.3) is 0 Å². The standard InChI is InChI=1S/2C14H28.C2H5.CH3.2ClH.Zr/c2*1-11(2)14(12(3)4)10-9-13-7-5-6-8-13;1-2;;;;/h2*11-14H,5-10H2,1-4H3;1H2,2H3;1H3;2*1H;/q;;2*-1;;;+4/p-2. The van der Waals surface area contributed by atoms with E-state index >= 15 is 0 Å². The van der Waals surface area contributed by atoms with Crippen LogP contribution in [0.4, 0.5) is 0 Å². The van der Waals surface area contributed by atoms with E-state index < -0.39 is 20.8 Å². The van der Waals surface area contributed by atoms with Crippen molar-refractivity contribution in [2.45, 2.75) is 139 Å². The van der Waals surface area contributed by atoms with Crippen LogP contribution in [0.1, 0.15) is 139 Å². The number of halogens is 2. The van der Waals surface area contributed by atoms with Crippen LogP contribution >= 0.6 is 17.0 Å². The minimum atomic E-state index is -0.826.